The van der Waals surface area contributed by atoms with Crippen molar-refractivity contribution in [3.8, 4) is 0 Å². The normalized spacial score (nSPS) is 17.3. The molecule has 1 N–H and O–H groups in total. The molecule has 7 heteroatoms. The van der Waals surface area contributed by atoms with E-state index in [1.54, 1.807) is 43.3 Å². The van der Waals surface area contributed by atoms with Gasteiger partial charge in [0.25, 0.3) is 11.7 Å². The first-order valence-electron chi connectivity index (χ1n) is 10.5. The molecule has 33 heavy (non-hydrogen) atoms. The summed E-state index contributed by atoms with van der Waals surface area (Å²) in [5, 5.41) is 11.1. The van der Waals surface area contributed by atoms with Gasteiger partial charge in [0.1, 0.15) is 5.76 Å². The number of rotatable bonds is 5. The molecule has 2 aromatic carbocycles. The summed E-state index contributed by atoms with van der Waals surface area (Å²) in [5.41, 5.74) is 2.55. The summed E-state index contributed by atoms with van der Waals surface area (Å²) in [6.07, 6.45) is 2.99. The van der Waals surface area contributed by atoms with E-state index in [1.165, 1.54) is 23.4 Å². The SMILES string of the molecule is CCOC(=O)c1cccc(N2C(=O)C(=O)/C(=C(/O)c3ccncc3)C2c2cccc(C)c2)c1. The number of amides is 1. The van der Waals surface area contributed by atoms with Crippen molar-refractivity contribution in [1.29, 1.82) is 0 Å². The third-order valence-electron chi connectivity index (χ3n) is 5.39. The van der Waals surface area contributed by atoms with Crippen LogP contribution < -0.4 is 4.90 Å². The molecule has 1 aromatic heterocycles. The Labute approximate surface area is 191 Å². The Hall–Kier alpha value is -4.26. The van der Waals surface area contributed by atoms with Crippen molar-refractivity contribution in [2.75, 3.05) is 11.5 Å². The lowest BCUT2D eigenvalue weighted by atomic mass is 9.94. The highest BCUT2D eigenvalue weighted by Crippen LogP contribution is 2.42. The minimum absolute atomic E-state index is 0.0293. The van der Waals surface area contributed by atoms with Gasteiger partial charge >= 0.3 is 5.97 Å². The van der Waals surface area contributed by atoms with E-state index in [-0.39, 0.29) is 23.5 Å². The van der Waals surface area contributed by atoms with Crippen LogP contribution in [0.1, 0.15) is 40.0 Å². The molecule has 1 saturated heterocycles. The molecule has 0 bridgehead atoms. The predicted octanol–water partition coefficient (Wildman–Crippen LogP) is 4.19. The number of aryl methyl sites for hydroxylation is 1. The van der Waals surface area contributed by atoms with Crippen molar-refractivity contribution in [3.63, 3.8) is 0 Å². The Kier molecular flexibility index (Phi) is 6.04. The molecule has 1 unspecified atom stereocenters. The third kappa shape index (κ3) is 4.13. The maximum Gasteiger partial charge on any atom is 0.338 e. The zero-order valence-corrected chi connectivity index (χ0v) is 18.2. The molecule has 1 fully saturated rings. The van der Waals surface area contributed by atoms with Crippen LogP contribution in [0.15, 0.2) is 78.6 Å². The number of pyridine rings is 1. The monoisotopic (exact) mass is 442 g/mol. The van der Waals surface area contributed by atoms with Crippen LogP contribution in [-0.2, 0) is 14.3 Å². The first-order valence-corrected chi connectivity index (χ1v) is 10.5. The number of Topliss-reactive ketones (excluding diaryl/α,β-unsaturated/α-hetero) is 1. The summed E-state index contributed by atoms with van der Waals surface area (Å²) in [4.78, 5) is 43.9. The van der Waals surface area contributed by atoms with Gasteiger partial charge in [0, 0.05) is 23.6 Å². The Morgan fingerprint density at radius 2 is 1.76 bits per heavy atom. The number of carbonyl (C=O) groups is 3. The van der Waals surface area contributed by atoms with Gasteiger partial charge in [-0.3, -0.25) is 19.5 Å². The maximum absolute atomic E-state index is 13.2. The minimum Gasteiger partial charge on any atom is -0.507 e. The number of aliphatic hydroxyl groups excluding tert-OH is 1. The molecule has 0 saturated carbocycles. The van der Waals surface area contributed by atoms with E-state index >= 15 is 0 Å². The molecule has 0 radical (unpaired) electrons. The van der Waals surface area contributed by atoms with Gasteiger partial charge in [-0.15, -0.1) is 0 Å². The minimum atomic E-state index is -0.879. The summed E-state index contributed by atoms with van der Waals surface area (Å²) in [5.74, 6) is -2.42. The number of ether oxygens (including phenoxy) is 1. The second kappa shape index (κ2) is 9.08. The van der Waals surface area contributed by atoms with Crippen molar-refractivity contribution in [2.45, 2.75) is 19.9 Å². The number of hydrogen-bond acceptors (Lipinski definition) is 6. The number of esters is 1. The van der Waals surface area contributed by atoms with E-state index in [0.717, 1.165) is 5.56 Å². The summed E-state index contributed by atoms with van der Waals surface area (Å²) in [7, 11) is 0. The van der Waals surface area contributed by atoms with E-state index in [2.05, 4.69) is 4.98 Å². The van der Waals surface area contributed by atoms with Crippen LogP contribution in [0.25, 0.3) is 5.76 Å². The van der Waals surface area contributed by atoms with Gasteiger partial charge in [-0.2, -0.15) is 0 Å². The molecule has 2 heterocycles. The Bertz CT molecular complexity index is 1270. The first-order chi connectivity index (χ1) is 15.9. The lowest BCUT2D eigenvalue weighted by Crippen LogP contribution is -2.29. The largest absolute Gasteiger partial charge is 0.507 e. The second-order valence-corrected chi connectivity index (χ2v) is 7.59. The Balaban J connectivity index is 1.92. The van der Waals surface area contributed by atoms with Gasteiger partial charge in [0.2, 0.25) is 0 Å². The molecule has 1 amide bonds. The Morgan fingerprint density at radius 1 is 1.03 bits per heavy atom. The van der Waals surface area contributed by atoms with Gasteiger partial charge in [-0.1, -0.05) is 35.9 Å². The fourth-order valence-electron chi connectivity index (χ4n) is 3.92. The number of aliphatic hydroxyl groups is 1. The van der Waals surface area contributed by atoms with Crippen molar-refractivity contribution >= 4 is 29.1 Å². The first kappa shape index (κ1) is 22.0. The van der Waals surface area contributed by atoms with E-state index < -0.39 is 23.7 Å². The van der Waals surface area contributed by atoms with E-state index in [9.17, 15) is 19.5 Å². The number of benzene rings is 2. The molecule has 4 rings (SSSR count). The van der Waals surface area contributed by atoms with Crippen LogP contribution in [0.2, 0.25) is 0 Å². The zero-order chi connectivity index (χ0) is 23.5. The molecule has 0 aliphatic carbocycles. The smallest absolute Gasteiger partial charge is 0.338 e. The van der Waals surface area contributed by atoms with Gasteiger partial charge in [0.15, 0.2) is 0 Å². The van der Waals surface area contributed by atoms with Gasteiger partial charge in [-0.05, 0) is 49.7 Å². The topological polar surface area (TPSA) is 96.8 Å². The highest BCUT2D eigenvalue weighted by atomic mass is 16.5. The predicted molar refractivity (Wildman–Crippen MR) is 123 cm³/mol. The molecule has 1 aliphatic rings. The summed E-state index contributed by atoms with van der Waals surface area (Å²) < 4.78 is 5.07. The zero-order valence-electron chi connectivity index (χ0n) is 18.2. The van der Waals surface area contributed by atoms with Crippen molar-refractivity contribution in [1.82, 2.24) is 4.98 Å². The van der Waals surface area contributed by atoms with Crippen molar-refractivity contribution < 1.29 is 24.2 Å². The average molecular weight is 442 g/mol. The van der Waals surface area contributed by atoms with E-state index in [0.29, 0.717) is 16.8 Å². The average Bonchev–Trinajstić information content (AvgIpc) is 3.10. The molecule has 166 valence electrons. The summed E-state index contributed by atoms with van der Waals surface area (Å²) in [6.45, 7) is 3.82. The number of nitrogens with zero attached hydrogens (tertiary/aromatic N) is 2. The third-order valence-corrected chi connectivity index (χ3v) is 5.39. The highest BCUT2D eigenvalue weighted by Gasteiger charge is 2.47. The highest BCUT2D eigenvalue weighted by molar-refractivity contribution is 6.51. The van der Waals surface area contributed by atoms with Gasteiger partial charge in [0.05, 0.1) is 23.8 Å². The van der Waals surface area contributed by atoms with Crippen molar-refractivity contribution in [2.24, 2.45) is 0 Å². The van der Waals surface area contributed by atoms with Crippen LogP contribution in [-0.4, -0.2) is 34.4 Å². The van der Waals surface area contributed by atoms with Crippen LogP contribution in [0.3, 0.4) is 0 Å². The molecular weight excluding hydrogens is 420 g/mol. The molecule has 1 atom stereocenters. The Morgan fingerprint density at radius 3 is 2.45 bits per heavy atom. The molecule has 7 nitrogen and oxygen atoms in total. The van der Waals surface area contributed by atoms with E-state index in [1.807, 2.05) is 25.1 Å². The molecular formula is C26H22N2O5. The quantitative estimate of drug-likeness (QED) is 0.275. The number of ketones is 1. The standard InChI is InChI=1S/C26H22N2O5/c1-3-33-26(32)19-8-5-9-20(15-19)28-22(18-7-4-6-16(2)14-18)21(24(30)25(28)31)23(29)17-10-12-27-13-11-17/h4-15,22,29H,3H2,1-2H3/b23-21+. The van der Waals surface area contributed by atoms with Crippen LogP contribution in [0.4, 0.5) is 5.69 Å². The summed E-state index contributed by atoms with van der Waals surface area (Å²) >= 11 is 0. The number of aromatic nitrogens is 1. The molecule has 1 aliphatic heterocycles. The number of anilines is 1. The number of hydrogen-bond donors (Lipinski definition) is 1. The number of carbonyl (C=O) groups excluding carboxylic acids is 3. The summed E-state index contributed by atoms with van der Waals surface area (Å²) in [6, 6.07) is 16.0. The molecule has 3 aromatic rings. The van der Waals surface area contributed by atoms with Crippen LogP contribution in [0, 0.1) is 6.92 Å². The van der Waals surface area contributed by atoms with Crippen molar-refractivity contribution in [3.05, 3.63) is 101 Å². The maximum atomic E-state index is 13.2. The fourth-order valence-corrected chi connectivity index (χ4v) is 3.92. The lowest BCUT2D eigenvalue weighted by Gasteiger charge is -2.26. The van der Waals surface area contributed by atoms with Crippen LogP contribution in [0.5, 0.6) is 0 Å². The van der Waals surface area contributed by atoms with Gasteiger partial charge in [-0.25, -0.2) is 4.79 Å². The van der Waals surface area contributed by atoms with E-state index in [4.69, 9.17) is 4.74 Å². The van der Waals surface area contributed by atoms with Crippen LogP contribution >= 0.6 is 0 Å². The molecule has 0 spiro atoms. The fraction of sp³-hybridized carbons (Fsp3) is 0.154. The van der Waals surface area contributed by atoms with Gasteiger partial charge < -0.3 is 9.84 Å². The second-order valence-electron chi connectivity index (χ2n) is 7.59. The lowest BCUT2D eigenvalue weighted by molar-refractivity contribution is -0.132.